The predicted octanol–water partition coefficient (Wildman–Crippen LogP) is 1.71. The first-order chi connectivity index (χ1) is 8.40. The fraction of sp³-hybridized carbons (Fsp3) is 0.364. The number of aliphatic carboxylic acids is 1. The molecule has 0 aliphatic carbocycles. The van der Waals surface area contributed by atoms with Gasteiger partial charge in [-0.2, -0.15) is 0 Å². The number of non-ortho nitro benzene ring substituents is 1. The van der Waals surface area contributed by atoms with Crippen LogP contribution in [0.3, 0.4) is 0 Å². The number of rotatable bonds is 6. The van der Waals surface area contributed by atoms with Crippen LogP contribution >= 0.6 is 0 Å². The maximum atomic E-state index is 11.8. The summed E-state index contributed by atoms with van der Waals surface area (Å²) in [6.45, 7) is 1.61. The van der Waals surface area contributed by atoms with Crippen LogP contribution in [0.15, 0.2) is 24.3 Å². The zero-order valence-electron chi connectivity index (χ0n) is 9.74. The smallest absolute Gasteiger partial charge is 0.304 e. The first kappa shape index (κ1) is 14.3. The minimum atomic E-state index is -1.30. The van der Waals surface area contributed by atoms with E-state index in [1.165, 1.54) is 24.3 Å². The summed E-state index contributed by atoms with van der Waals surface area (Å²) in [5.41, 5.74) is 0.666. The predicted molar refractivity (Wildman–Crippen MR) is 66.7 cm³/mol. The highest BCUT2D eigenvalue weighted by Crippen LogP contribution is 2.15. The maximum absolute atomic E-state index is 11.8. The molecule has 7 heteroatoms. The van der Waals surface area contributed by atoms with Crippen LogP contribution in [-0.2, 0) is 21.3 Å². The van der Waals surface area contributed by atoms with E-state index in [1.807, 2.05) is 0 Å². The van der Waals surface area contributed by atoms with Gasteiger partial charge in [0.1, 0.15) is 0 Å². The van der Waals surface area contributed by atoms with Crippen LogP contribution in [0.1, 0.15) is 18.9 Å². The summed E-state index contributed by atoms with van der Waals surface area (Å²) >= 11 is 0. The average molecular weight is 271 g/mol. The van der Waals surface area contributed by atoms with E-state index < -0.39 is 26.9 Å². The SMILES string of the molecule is CC(CC(=O)O)S(=O)Cc1ccc([N+](=O)[O-])cc1. The van der Waals surface area contributed by atoms with Crippen molar-refractivity contribution in [3.05, 3.63) is 39.9 Å². The number of nitrogens with zero attached hydrogens (tertiary/aromatic N) is 1. The number of benzene rings is 1. The van der Waals surface area contributed by atoms with Crippen molar-refractivity contribution < 1.29 is 19.0 Å². The van der Waals surface area contributed by atoms with E-state index in [0.717, 1.165) is 0 Å². The molecule has 0 heterocycles. The molecule has 1 N–H and O–H groups in total. The number of nitro groups is 1. The van der Waals surface area contributed by atoms with Gasteiger partial charge in [-0.1, -0.05) is 19.1 Å². The van der Waals surface area contributed by atoms with Gasteiger partial charge >= 0.3 is 5.97 Å². The van der Waals surface area contributed by atoms with Gasteiger partial charge in [-0.15, -0.1) is 0 Å². The molecule has 18 heavy (non-hydrogen) atoms. The summed E-state index contributed by atoms with van der Waals surface area (Å²) in [7, 11) is -1.30. The lowest BCUT2D eigenvalue weighted by molar-refractivity contribution is -0.384. The molecule has 0 fully saturated rings. The number of carboxylic acids is 1. The number of carboxylic acid groups (broad SMARTS) is 1. The molecule has 0 saturated carbocycles. The van der Waals surface area contributed by atoms with Crippen molar-refractivity contribution in [2.75, 3.05) is 0 Å². The standard InChI is InChI=1S/C11H13NO5S/c1-8(6-11(13)14)18(17)7-9-2-4-10(5-3-9)12(15)16/h2-5,8H,6-7H2,1H3,(H,13,14). The molecule has 0 aliphatic heterocycles. The topological polar surface area (TPSA) is 97.5 Å². The highest BCUT2D eigenvalue weighted by Gasteiger charge is 2.15. The van der Waals surface area contributed by atoms with Gasteiger partial charge in [-0.05, 0) is 5.56 Å². The third-order valence-corrected chi connectivity index (χ3v) is 4.05. The monoisotopic (exact) mass is 271 g/mol. The molecule has 0 radical (unpaired) electrons. The summed E-state index contributed by atoms with van der Waals surface area (Å²) in [6.07, 6.45) is -0.153. The second kappa shape index (κ2) is 6.25. The fourth-order valence-corrected chi connectivity index (χ4v) is 2.49. The van der Waals surface area contributed by atoms with Crippen LogP contribution in [0.4, 0.5) is 5.69 Å². The second-order valence-electron chi connectivity index (χ2n) is 3.86. The average Bonchev–Trinajstić information content (AvgIpc) is 2.28. The van der Waals surface area contributed by atoms with Crippen molar-refractivity contribution in [1.29, 1.82) is 0 Å². The minimum Gasteiger partial charge on any atom is -0.481 e. The Hall–Kier alpha value is -1.76. The normalized spacial score (nSPS) is 13.8. The van der Waals surface area contributed by atoms with E-state index in [1.54, 1.807) is 6.92 Å². The Kier molecular flexibility index (Phi) is 4.96. The van der Waals surface area contributed by atoms with Gasteiger partial charge < -0.3 is 5.11 Å². The molecule has 0 bridgehead atoms. The lowest BCUT2D eigenvalue weighted by atomic mass is 10.2. The van der Waals surface area contributed by atoms with Crippen LogP contribution in [0.2, 0.25) is 0 Å². The Labute approximate surface area is 106 Å². The summed E-state index contributed by atoms with van der Waals surface area (Å²) in [6, 6.07) is 5.75. The number of nitro benzene ring substituents is 1. The zero-order valence-corrected chi connectivity index (χ0v) is 10.6. The molecule has 0 spiro atoms. The van der Waals surface area contributed by atoms with Crippen LogP contribution in [-0.4, -0.2) is 25.5 Å². The number of hydrogen-bond donors (Lipinski definition) is 1. The summed E-state index contributed by atoms with van der Waals surface area (Å²) in [4.78, 5) is 20.4. The molecule has 1 rings (SSSR count). The van der Waals surface area contributed by atoms with E-state index in [2.05, 4.69) is 0 Å². The van der Waals surface area contributed by atoms with Crippen molar-refractivity contribution >= 4 is 22.5 Å². The van der Waals surface area contributed by atoms with Crippen molar-refractivity contribution in [1.82, 2.24) is 0 Å². The molecule has 2 atom stereocenters. The van der Waals surface area contributed by atoms with Gasteiger partial charge in [0.2, 0.25) is 0 Å². The van der Waals surface area contributed by atoms with E-state index >= 15 is 0 Å². The van der Waals surface area contributed by atoms with E-state index in [9.17, 15) is 19.1 Å². The molecular weight excluding hydrogens is 258 g/mol. The van der Waals surface area contributed by atoms with Gasteiger partial charge in [-0.25, -0.2) is 0 Å². The molecule has 0 aliphatic rings. The molecule has 1 aromatic carbocycles. The van der Waals surface area contributed by atoms with Crippen LogP contribution in [0.5, 0.6) is 0 Å². The van der Waals surface area contributed by atoms with Crippen molar-refractivity contribution in [2.24, 2.45) is 0 Å². The van der Waals surface area contributed by atoms with Gasteiger partial charge in [0.15, 0.2) is 0 Å². The Balaban J connectivity index is 2.64. The Morgan fingerprint density at radius 3 is 2.44 bits per heavy atom. The molecule has 0 aromatic heterocycles. The largest absolute Gasteiger partial charge is 0.481 e. The van der Waals surface area contributed by atoms with E-state index in [0.29, 0.717) is 5.56 Å². The number of hydrogen-bond acceptors (Lipinski definition) is 4. The van der Waals surface area contributed by atoms with Crippen molar-refractivity contribution in [2.45, 2.75) is 24.3 Å². The zero-order chi connectivity index (χ0) is 13.7. The second-order valence-corrected chi connectivity index (χ2v) is 5.71. The lowest BCUT2D eigenvalue weighted by Gasteiger charge is -2.08. The molecule has 1 aromatic rings. The minimum absolute atomic E-state index is 0.0249. The Bertz CT molecular complexity index is 471. The molecule has 98 valence electrons. The third-order valence-electron chi connectivity index (χ3n) is 2.37. The van der Waals surface area contributed by atoms with Gasteiger partial charge in [0, 0.05) is 33.9 Å². The third kappa shape index (κ3) is 4.25. The first-order valence-electron chi connectivity index (χ1n) is 5.22. The Morgan fingerprint density at radius 1 is 1.44 bits per heavy atom. The fourth-order valence-electron chi connectivity index (χ4n) is 1.36. The highest BCUT2D eigenvalue weighted by molar-refractivity contribution is 7.84. The summed E-state index contributed by atoms with van der Waals surface area (Å²) in [5.74, 6) is -0.786. The Morgan fingerprint density at radius 2 is 2.00 bits per heavy atom. The molecule has 2 unspecified atom stereocenters. The van der Waals surface area contributed by atoms with Crippen molar-refractivity contribution in [3.63, 3.8) is 0 Å². The molecule has 0 amide bonds. The quantitative estimate of drug-likeness (QED) is 0.627. The van der Waals surface area contributed by atoms with Gasteiger partial charge in [0.05, 0.1) is 11.3 Å². The maximum Gasteiger partial charge on any atom is 0.304 e. The van der Waals surface area contributed by atoms with E-state index in [-0.39, 0.29) is 17.9 Å². The van der Waals surface area contributed by atoms with E-state index in [4.69, 9.17) is 5.11 Å². The number of carbonyl (C=O) groups is 1. The van der Waals surface area contributed by atoms with Crippen LogP contribution in [0.25, 0.3) is 0 Å². The first-order valence-corrected chi connectivity index (χ1v) is 6.60. The highest BCUT2D eigenvalue weighted by atomic mass is 32.2. The van der Waals surface area contributed by atoms with Gasteiger partial charge in [-0.3, -0.25) is 19.1 Å². The molecule has 6 nitrogen and oxygen atoms in total. The lowest BCUT2D eigenvalue weighted by Crippen LogP contribution is -2.17. The molecular formula is C11H13NO5S. The van der Waals surface area contributed by atoms with Gasteiger partial charge in [0.25, 0.3) is 5.69 Å². The summed E-state index contributed by atoms with van der Waals surface area (Å²) < 4.78 is 11.8. The van der Waals surface area contributed by atoms with Crippen LogP contribution < -0.4 is 0 Å². The van der Waals surface area contributed by atoms with Crippen LogP contribution in [0, 0.1) is 10.1 Å². The summed E-state index contributed by atoms with van der Waals surface area (Å²) in [5, 5.41) is 18.6. The molecule has 0 saturated heterocycles. The van der Waals surface area contributed by atoms with Crippen molar-refractivity contribution in [3.8, 4) is 0 Å².